The fourth-order valence-electron chi connectivity index (χ4n) is 2.12. The van der Waals surface area contributed by atoms with Crippen molar-refractivity contribution in [1.82, 2.24) is 19.6 Å². The Morgan fingerprint density at radius 2 is 1.93 bits per heavy atom. The maximum absolute atomic E-state index is 13.0. The molecule has 0 aromatic carbocycles. The lowest BCUT2D eigenvalue weighted by molar-refractivity contribution is -0.182. The first-order valence-corrected chi connectivity index (χ1v) is 7.61. The van der Waals surface area contributed by atoms with Gasteiger partial charge in [0.1, 0.15) is 30.8 Å². The molecule has 0 aliphatic carbocycles. The third kappa shape index (κ3) is 5.68. The molecule has 1 unspecified atom stereocenters. The summed E-state index contributed by atoms with van der Waals surface area (Å²) in [4.78, 5) is 12.2. The molecule has 0 radical (unpaired) electrons. The first-order valence-electron chi connectivity index (χ1n) is 7.61. The summed E-state index contributed by atoms with van der Waals surface area (Å²) in [5.41, 5.74) is -1.72. The Balaban J connectivity index is 2.03. The Morgan fingerprint density at radius 1 is 1.25 bits per heavy atom. The molecule has 28 heavy (non-hydrogen) atoms. The quantitative estimate of drug-likeness (QED) is 0.665. The van der Waals surface area contributed by atoms with Gasteiger partial charge in [0, 0.05) is 0 Å². The molecular formula is C14H14F7N5O2. The topological polar surface area (TPSA) is 74.0 Å². The third-order valence-electron chi connectivity index (χ3n) is 3.37. The standard InChI is InChI=1S/C14H14F7N5O2/c1-7(26-10(12(17)18)2-9(24-26)11(15)16)13(27)23-8-3-22-25(4-8)6-28-5-14(19,20)21/h2-4,7,11-12H,5-6H2,1H3,(H,23,27). The smallest absolute Gasteiger partial charge is 0.350 e. The van der Waals surface area contributed by atoms with Crippen LogP contribution in [-0.4, -0.2) is 38.3 Å². The first kappa shape index (κ1) is 21.7. The fraction of sp³-hybridized carbons (Fsp3) is 0.500. The number of rotatable bonds is 8. The van der Waals surface area contributed by atoms with Crippen LogP contribution in [0.15, 0.2) is 18.5 Å². The molecule has 0 aliphatic rings. The summed E-state index contributed by atoms with van der Waals surface area (Å²) in [5, 5.41) is 9.28. The zero-order valence-electron chi connectivity index (χ0n) is 14.1. The number of amides is 1. The van der Waals surface area contributed by atoms with Crippen LogP contribution in [0.25, 0.3) is 0 Å². The van der Waals surface area contributed by atoms with E-state index in [-0.39, 0.29) is 5.69 Å². The van der Waals surface area contributed by atoms with Gasteiger partial charge in [0.15, 0.2) is 0 Å². The summed E-state index contributed by atoms with van der Waals surface area (Å²) in [6.07, 6.45) is -8.51. The Kier molecular flexibility index (Phi) is 6.64. The zero-order valence-corrected chi connectivity index (χ0v) is 14.1. The van der Waals surface area contributed by atoms with E-state index in [0.717, 1.165) is 17.1 Å². The highest BCUT2D eigenvalue weighted by atomic mass is 19.4. The highest BCUT2D eigenvalue weighted by Gasteiger charge is 2.28. The van der Waals surface area contributed by atoms with Crippen molar-refractivity contribution >= 4 is 11.6 Å². The molecule has 0 bridgehead atoms. The Morgan fingerprint density at radius 3 is 2.50 bits per heavy atom. The number of nitrogens with zero attached hydrogens (tertiary/aromatic N) is 4. The molecule has 2 heterocycles. The van der Waals surface area contributed by atoms with Gasteiger partial charge >= 0.3 is 6.18 Å². The van der Waals surface area contributed by atoms with Gasteiger partial charge in [-0.3, -0.25) is 9.48 Å². The normalized spacial score (nSPS) is 13.4. The van der Waals surface area contributed by atoms with Gasteiger partial charge in [0.2, 0.25) is 5.91 Å². The second-order valence-corrected chi connectivity index (χ2v) is 5.57. The number of hydrogen-bond donors (Lipinski definition) is 1. The van der Waals surface area contributed by atoms with Gasteiger partial charge in [-0.1, -0.05) is 0 Å². The van der Waals surface area contributed by atoms with Crippen molar-refractivity contribution in [2.45, 2.75) is 38.7 Å². The summed E-state index contributed by atoms with van der Waals surface area (Å²) >= 11 is 0. The van der Waals surface area contributed by atoms with E-state index in [0.29, 0.717) is 10.7 Å². The Bertz CT molecular complexity index is 802. The summed E-state index contributed by atoms with van der Waals surface area (Å²) in [5.74, 6) is -0.874. The lowest BCUT2D eigenvalue weighted by Gasteiger charge is -2.14. The molecular weight excluding hydrogens is 403 g/mol. The van der Waals surface area contributed by atoms with E-state index in [1.807, 2.05) is 0 Å². The van der Waals surface area contributed by atoms with Gasteiger partial charge in [0.05, 0.1) is 18.1 Å². The lowest BCUT2D eigenvalue weighted by Crippen LogP contribution is -2.26. The van der Waals surface area contributed by atoms with E-state index in [2.05, 4.69) is 20.3 Å². The van der Waals surface area contributed by atoms with E-state index in [4.69, 9.17) is 0 Å². The van der Waals surface area contributed by atoms with Gasteiger partial charge < -0.3 is 10.1 Å². The molecule has 1 N–H and O–H groups in total. The van der Waals surface area contributed by atoms with Crippen molar-refractivity contribution < 1.29 is 40.3 Å². The van der Waals surface area contributed by atoms with Gasteiger partial charge in [-0.15, -0.1) is 0 Å². The largest absolute Gasteiger partial charge is 0.411 e. The van der Waals surface area contributed by atoms with Gasteiger partial charge in [0.25, 0.3) is 12.9 Å². The molecule has 2 rings (SSSR count). The second-order valence-electron chi connectivity index (χ2n) is 5.57. The number of aromatic nitrogens is 4. The van der Waals surface area contributed by atoms with Crippen LogP contribution >= 0.6 is 0 Å². The number of hydrogen-bond acceptors (Lipinski definition) is 4. The first-order chi connectivity index (χ1) is 13.0. The van der Waals surface area contributed by atoms with Crippen LogP contribution in [0.5, 0.6) is 0 Å². The number of carbonyl (C=O) groups excluding carboxylic acids is 1. The molecule has 0 spiro atoms. The minimum Gasteiger partial charge on any atom is -0.350 e. The van der Waals surface area contributed by atoms with Crippen LogP contribution in [0.2, 0.25) is 0 Å². The Labute approximate surface area is 153 Å². The van der Waals surface area contributed by atoms with E-state index < -0.39 is 55.7 Å². The second kappa shape index (κ2) is 8.58. The van der Waals surface area contributed by atoms with Crippen LogP contribution in [0.3, 0.4) is 0 Å². The molecule has 0 saturated heterocycles. The van der Waals surface area contributed by atoms with Crippen LogP contribution in [-0.2, 0) is 16.3 Å². The minimum absolute atomic E-state index is 0.0345. The highest BCUT2D eigenvalue weighted by Crippen LogP contribution is 2.27. The molecule has 0 aliphatic heterocycles. The van der Waals surface area contributed by atoms with E-state index in [9.17, 15) is 35.5 Å². The predicted molar refractivity (Wildman–Crippen MR) is 79.7 cm³/mol. The highest BCUT2D eigenvalue weighted by molar-refractivity contribution is 5.93. The number of halogens is 7. The van der Waals surface area contributed by atoms with Crippen molar-refractivity contribution in [3.05, 3.63) is 29.8 Å². The number of nitrogens with one attached hydrogen (secondary N) is 1. The van der Waals surface area contributed by atoms with E-state index in [1.54, 1.807) is 0 Å². The average Bonchev–Trinajstić information content (AvgIpc) is 3.20. The van der Waals surface area contributed by atoms with Crippen molar-refractivity contribution in [1.29, 1.82) is 0 Å². The number of ether oxygens (including phenoxy) is 1. The summed E-state index contributed by atoms with van der Waals surface area (Å²) in [6.45, 7) is -0.870. The van der Waals surface area contributed by atoms with Crippen LogP contribution in [0.1, 0.15) is 37.2 Å². The number of carbonyl (C=O) groups is 1. The summed E-state index contributed by atoms with van der Waals surface area (Å²) in [7, 11) is 0. The van der Waals surface area contributed by atoms with Crippen molar-refractivity contribution in [2.24, 2.45) is 0 Å². The third-order valence-corrected chi connectivity index (χ3v) is 3.37. The Hall–Kier alpha value is -2.64. The minimum atomic E-state index is -4.51. The summed E-state index contributed by atoms with van der Waals surface area (Å²) < 4.78 is 93.3. The maximum Gasteiger partial charge on any atom is 0.411 e. The zero-order chi connectivity index (χ0) is 21.1. The van der Waals surface area contributed by atoms with Crippen LogP contribution in [0, 0.1) is 0 Å². The molecule has 156 valence electrons. The molecule has 1 atom stereocenters. The monoisotopic (exact) mass is 417 g/mol. The number of alkyl halides is 7. The predicted octanol–water partition coefficient (Wildman–Crippen LogP) is 3.69. The molecule has 0 fully saturated rings. The number of anilines is 1. The van der Waals surface area contributed by atoms with Crippen LogP contribution in [0.4, 0.5) is 36.4 Å². The summed E-state index contributed by atoms with van der Waals surface area (Å²) in [6, 6.07) is -0.865. The molecule has 1 amide bonds. The van der Waals surface area contributed by atoms with Gasteiger partial charge in [-0.25, -0.2) is 22.2 Å². The molecule has 7 nitrogen and oxygen atoms in total. The van der Waals surface area contributed by atoms with E-state index >= 15 is 0 Å². The van der Waals surface area contributed by atoms with E-state index in [1.165, 1.54) is 6.92 Å². The fourth-order valence-corrected chi connectivity index (χ4v) is 2.12. The maximum atomic E-state index is 13.0. The van der Waals surface area contributed by atoms with Crippen molar-refractivity contribution in [3.63, 3.8) is 0 Å². The lowest BCUT2D eigenvalue weighted by atomic mass is 10.3. The van der Waals surface area contributed by atoms with Crippen LogP contribution < -0.4 is 5.32 Å². The van der Waals surface area contributed by atoms with Crippen molar-refractivity contribution in [3.8, 4) is 0 Å². The molecule has 2 aromatic rings. The average molecular weight is 417 g/mol. The van der Waals surface area contributed by atoms with Gasteiger partial charge in [-0.05, 0) is 13.0 Å². The SMILES string of the molecule is CC(C(=O)Nc1cnn(COCC(F)(F)F)c1)n1nc(C(F)F)cc1C(F)F. The van der Waals surface area contributed by atoms with Gasteiger partial charge in [-0.2, -0.15) is 23.4 Å². The molecule has 2 aromatic heterocycles. The van der Waals surface area contributed by atoms with Crippen molar-refractivity contribution in [2.75, 3.05) is 11.9 Å². The molecule has 14 heteroatoms. The molecule has 0 saturated carbocycles.